The number of hydrogen-bond acceptors (Lipinski definition) is 1. The molecule has 0 saturated carbocycles. The summed E-state index contributed by atoms with van der Waals surface area (Å²) in [7, 11) is 0. The molecule has 0 radical (unpaired) electrons. The maximum atomic E-state index is 12.9. The lowest BCUT2D eigenvalue weighted by atomic mass is 10.0. The minimum atomic E-state index is -0.213. The molecule has 0 aliphatic carbocycles. The van der Waals surface area contributed by atoms with Crippen molar-refractivity contribution in [2.75, 3.05) is 0 Å². The smallest absolute Gasteiger partial charge is 0.123 e. The van der Waals surface area contributed by atoms with Gasteiger partial charge in [-0.25, -0.2) is 4.39 Å². The Morgan fingerprint density at radius 2 is 1.58 bits per heavy atom. The molecule has 2 aromatic carbocycles. The van der Waals surface area contributed by atoms with Crippen LogP contribution in [-0.2, 0) is 0 Å². The van der Waals surface area contributed by atoms with Crippen molar-refractivity contribution in [1.82, 2.24) is 5.32 Å². The van der Waals surface area contributed by atoms with Crippen LogP contribution in [0.25, 0.3) is 0 Å². The average molecular weight is 278 g/mol. The topological polar surface area (TPSA) is 12.0 Å². The number of hydrogen-bond donors (Lipinski definition) is 1. The number of benzene rings is 2. The predicted octanol–water partition coefficient (Wildman–Crippen LogP) is 4.89. The summed E-state index contributed by atoms with van der Waals surface area (Å²) in [5.41, 5.74) is 2.12. The standard InChI is InChI=1S/C16H17ClFN/c1-11(13-7-9-14(18)10-8-13)19-12(2)15-5-3-4-6-16(15)17/h3-12,19H,1-2H3. The highest BCUT2D eigenvalue weighted by Crippen LogP contribution is 2.25. The van der Waals surface area contributed by atoms with E-state index in [1.807, 2.05) is 24.3 Å². The monoisotopic (exact) mass is 277 g/mol. The summed E-state index contributed by atoms with van der Waals surface area (Å²) in [5, 5.41) is 4.22. The van der Waals surface area contributed by atoms with Crippen molar-refractivity contribution in [2.45, 2.75) is 25.9 Å². The molecule has 0 aromatic heterocycles. The van der Waals surface area contributed by atoms with E-state index >= 15 is 0 Å². The Hall–Kier alpha value is -1.38. The molecular formula is C16H17ClFN. The van der Waals surface area contributed by atoms with E-state index in [1.54, 1.807) is 12.1 Å². The summed E-state index contributed by atoms with van der Waals surface area (Å²) in [6, 6.07) is 14.6. The zero-order valence-corrected chi connectivity index (χ0v) is 11.8. The molecule has 2 atom stereocenters. The molecule has 19 heavy (non-hydrogen) atoms. The second-order valence-corrected chi connectivity index (χ2v) is 5.09. The van der Waals surface area contributed by atoms with E-state index in [2.05, 4.69) is 19.2 Å². The van der Waals surface area contributed by atoms with Gasteiger partial charge in [-0.3, -0.25) is 0 Å². The molecule has 0 heterocycles. The van der Waals surface area contributed by atoms with Gasteiger partial charge in [0.1, 0.15) is 5.82 Å². The van der Waals surface area contributed by atoms with Crippen LogP contribution in [0.4, 0.5) is 4.39 Å². The third-order valence-electron chi connectivity index (χ3n) is 3.24. The Kier molecular flexibility index (Phi) is 4.56. The Morgan fingerprint density at radius 1 is 0.947 bits per heavy atom. The first-order valence-corrected chi connectivity index (χ1v) is 6.71. The summed E-state index contributed by atoms with van der Waals surface area (Å²) < 4.78 is 12.9. The van der Waals surface area contributed by atoms with E-state index in [4.69, 9.17) is 11.6 Å². The van der Waals surface area contributed by atoms with E-state index in [1.165, 1.54) is 12.1 Å². The van der Waals surface area contributed by atoms with Crippen LogP contribution in [0.2, 0.25) is 5.02 Å². The third-order valence-corrected chi connectivity index (χ3v) is 3.59. The van der Waals surface area contributed by atoms with Crippen LogP contribution in [-0.4, -0.2) is 0 Å². The molecule has 2 aromatic rings. The average Bonchev–Trinajstić information content (AvgIpc) is 2.39. The van der Waals surface area contributed by atoms with Gasteiger partial charge in [-0.15, -0.1) is 0 Å². The molecular weight excluding hydrogens is 261 g/mol. The van der Waals surface area contributed by atoms with Crippen molar-refractivity contribution in [3.63, 3.8) is 0 Å². The second-order valence-electron chi connectivity index (χ2n) is 4.68. The molecule has 0 fully saturated rings. The van der Waals surface area contributed by atoms with Crippen LogP contribution in [0.1, 0.15) is 37.1 Å². The highest BCUT2D eigenvalue weighted by molar-refractivity contribution is 6.31. The van der Waals surface area contributed by atoms with Gasteiger partial charge in [0.25, 0.3) is 0 Å². The summed E-state index contributed by atoms with van der Waals surface area (Å²) >= 11 is 6.18. The lowest BCUT2D eigenvalue weighted by Gasteiger charge is -2.21. The van der Waals surface area contributed by atoms with Crippen molar-refractivity contribution in [3.8, 4) is 0 Å². The predicted molar refractivity (Wildman–Crippen MR) is 77.8 cm³/mol. The summed E-state index contributed by atoms with van der Waals surface area (Å²) in [6.07, 6.45) is 0. The van der Waals surface area contributed by atoms with Gasteiger partial charge in [0.05, 0.1) is 0 Å². The van der Waals surface area contributed by atoms with Gasteiger partial charge in [0.15, 0.2) is 0 Å². The fraction of sp³-hybridized carbons (Fsp3) is 0.250. The van der Waals surface area contributed by atoms with Crippen molar-refractivity contribution >= 4 is 11.6 Å². The first-order chi connectivity index (χ1) is 9.08. The molecule has 1 N–H and O–H groups in total. The molecule has 0 aliphatic heterocycles. The highest BCUT2D eigenvalue weighted by atomic mass is 35.5. The van der Waals surface area contributed by atoms with Crippen LogP contribution in [0, 0.1) is 5.82 Å². The zero-order chi connectivity index (χ0) is 13.8. The molecule has 0 amide bonds. The van der Waals surface area contributed by atoms with Gasteiger partial charge < -0.3 is 5.32 Å². The number of halogens is 2. The summed E-state index contributed by atoms with van der Waals surface area (Å²) in [6.45, 7) is 4.13. The van der Waals surface area contributed by atoms with Crippen LogP contribution >= 0.6 is 11.6 Å². The van der Waals surface area contributed by atoms with E-state index < -0.39 is 0 Å². The number of nitrogens with one attached hydrogen (secondary N) is 1. The van der Waals surface area contributed by atoms with Gasteiger partial charge in [-0.1, -0.05) is 41.9 Å². The molecule has 3 heteroatoms. The Balaban J connectivity index is 2.08. The fourth-order valence-corrected chi connectivity index (χ4v) is 2.44. The Labute approximate surface area is 118 Å². The first-order valence-electron chi connectivity index (χ1n) is 6.34. The van der Waals surface area contributed by atoms with Crippen molar-refractivity contribution < 1.29 is 4.39 Å². The molecule has 2 unspecified atom stereocenters. The summed E-state index contributed by atoms with van der Waals surface area (Å²) in [4.78, 5) is 0. The quantitative estimate of drug-likeness (QED) is 0.839. The minimum absolute atomic E-state index is 0.131. The number of rotatable bonds is 4. The largest absolute Gasteiger partial charge is 0.304 e. The van der Waals surface area contributed by atoms with Gasteiger partial charge >= 0.3 is 0 Å². The minimum Gasteiger partial charge on any atom is -0.304 e. The molecule has 1 nitrogen and oxygen atoms in total. The van der Waals surface area contributed by atoms with Crippen LogP contribution in [0.15, 0.2) is 48.5 Å². The van der Waals surface area contributed by atoms with E-state index in [-0.39, 0.29) is 17.9 Å². The molecule has 0 saturated heterocycles. The third kappa shape index (κ3) is 3.55. The van der Waals surface area contributed by atoms with Gasteiger partial charge in [-0.2, -0.15) is 0 Å². The Morgan fingerprint density at radius 3 is 2.21 bits per heavy atom. The van der Waals surface area contributed by atoms with Crippen molar-refractivity contribution in [2.24, 2.45) is 0 Å². The molecule has 0 aliphatic rings. The molecule has 0 bridgehead atoms. The summed E-state index contributed by atoms with van der Waals surface area (Å²) in [5.74, 6) is -0.213. The van der Waals surface area contributed by atoms with Gasteiger partial charge in [0.2, 0.25) is 0 Å². The van der Waals surface area contributed by atoms with E-state index in [0.29, 0.717) is 0 Å². The van der Waals surface area contributed by atoms with Crippen LogP contribution in [0.5, 0.6) is 0 Å². The van der Waals surface area contributed by atoms with Crippen LogP contribution < -0.4 is 5.32 Å². The highest BCUT2D eigenvalue weighted by Gasteiger charge is 2.13. The fourth-order valence-electron chi connectivity index (χ4n) is 2.14. The van der Waals surface area contributed by atoms with E-state index in [0.717, 1.165) is 16.1 Å². The lowest BCUT2D eigenvalue weighted by molar-refractivity contribution is 0.494. The van der Waals surface area contributed by atoms with E-state index in [9.17, 15) is 4.39 Å². The maximum absolute atomic E-state index is 12.9. The van der Waals surface area contributed by atoms with Crippen LogP contribution in [0.3, 0.4) is 0 Å². The zero-order valence-electron chi connectivity index (χ0n) is 11.0. The molecule has 0 spiro atoms. The van der Waals surface area contributed by atoms with Crippen molar-refractivity contribution in [1.29, 1.82) is 0 Å². The van der Waals surface area contributed by atoms with Crippen molar-refractivity contribution in [3.05, 3.63) is 70.5 Å². The maximum Gasteiger partial charge on any atom is 0.123 e. The first kappa shape index (κ1) is 14.0. The van der Waals surface area contributed by atoms with Gasteiger partial charge in [-0.05, 0) is 43.2 Å². The lowest BCUT2D eigenvalue weighted by Crippen LogP contribution is -2.22. The Bertz CT molecular complexity index is 539. The van der Waals surface area contributed by atoms with Gasteiger partial charge in [0, 0.05) is 17.1 Å². The second kappa shape index (κ2) is 6.18. The molecule has 100 valence electrons. The normalized spacial score (nSPS) is 14.1. The SMILES string of the molecule is CC(NC(C)c1ccccc1Cl)c1ccc(F)cc1. The molecule has 2 rings (SSSR count).